The molecule has 0 spiro atoms. The van der Waals surface area contributed by atoms with E-state index in [1.807, 2.05) is 19.9 Å². The molecule has 0 fully saturated rings. The lowest BCUT2D eigenvalue weighted by molar-refractivity contribution is 0.477. The third-order valence-electron chi connectivity index (χ3n) is 4.21. The number of benzene rings is 2. The predicted molar refractivity (Wildman–Crippen MR) is 105 cm³/mol. The first-order chi connectivity index (χ1) is 13.5. The molecule has 0 aliphatic carbocycles. The average Bonchev–Trinajstić information content (AvgIpc) is 3.16. The van der Waals surface area contributed by atoms with Crippen LogP contribution in [-0.4, -0.2) is 29.8 Å². The second-order valence-corrected chi connectivity index (χ2v) is 7.39. The Morgan fingerprint density at radius 2 is 1.86 bits per heavy atom. The largest absolute Gasteiger partial charge is 0.268 e. The van der Waals surface area contributed by atoms with Crippen LogP contribution in [-0.2, 0) is 5.75 Å². The van der Waals surface area contributed by atoms with Gasteiger partial charge in [-0.05, 0) is 60.7 Å². The maximum Gasteiger partial charge on any atom is 0.265 e. The molecule has 9 heteroatoms. The monoisotopic (exact) mass is 396 g/mol. The highest BCUT2D eigenvalue weighted by Gasteiger charge is 2.16. The highest BCUT2D eigenvalue weighted by Crippen LogP contribution is 2.23. The first-order valence-corrected chi connectivity index (χ1v) is 9.70. The highest BCUT2D eigenvalue weighted by molar-refractivity contribution is 7.98. The molecule has 0 saturated heterocycles. The fourth-order valence-corrected chi connectivity index (χ4v) is 3.79. The van der Waals surface area contributed by atoms with Gasteiger partial charge in [0.25, 0.3) is 5.56 Å². The Morgan fingerprint density at radius 1 is 1.11 bits per heavy atom. The first kappa shape index (κ1) is 18.3. The normalized spacial score (nSPS) is 11.4. The fraction of sp³-hybridized carbons (Fsp3) is 0.211. The summed E-state index contributed by atoms with van der Waals surface area (Å²) >= 11 is 1.39. The van der Waals surface area contributed by atoms with Gasteiger partial charge in [0.2, 0.25) is 5.16 Å². The number of aromatic nitrogens is 6. The zero-order valence-electron chi connectivity index (χ0n) is 15.3. The Morgan fingerprint density at radius 3 is 2.61 bits per heavy atom. The highest BCUT2D eigenvalue weighted by atomic mass is 32.2. The Hall–Kier alpha value is -3.07. The van der Waals surface area contributed by atoms with Gasteiger partial charge in [-0.15, -0.1) is 5.10 Å². The van der Waals surface area contributed by atoms with Gasteiger partial charge in [0.1, 0.15) is 11.6 Å². The second kappa shape index (κ2) is 7.51. The number of tetrazole rings is 1. The van der Waals surface area contributed by atoms with E-state index >= 15 is 0 Å². The van der Waals surface area contributed by atoms with Gasteiger partial charge in [-0.3, -0.25) is 9.36 Å². The summed E-state index contributed by atoms with van der Waals surface area (Å²) < 4.78 is 16.6. The lowest BCUT2D eigenvalue weighted by Crippen LogP contribution is -2.23. The van der Waals surface area contributed by atoms with E-state index in [0.29, 0.717) is 33.3 Å². The van der Waals surface area contributed by atoms with Gasteiger partial charge in [-0.2, -0.15) is 0 Å². The molecule has 2 heterocycles. The van der Waals surface area contributed by atoms with E-state index in [4.69, 9.17) is 0 Å². The number of rotatable bonds is 5. The van der Waals surface area contributed by atoms with Crippen LogP contribution < -0.4 is 5.56 Å². The molecular formula is C19H17FN6OS. The van der Waals surface area contributed by atoms with Crippen molar-refractivity contribution in [2.24, 2.45) is 0 Å². The molecule has 0 aliphatic heterocycles. The molecule has 0 aliphatic rings. The van der Waals surface area contributed by atoms with Crippen molar-refractivity contribution in [1.29, 1.82) is 0 Å². The predicted octanol–water partition coefficient (Wildman–Crippen LogP) is 3.38. The average molecular weight is 396 g/mol. The maximum absolute atomic E-state index is 13.4. The molecule has 0 atom stereocenters. The molecule has 4 aromatic rings. The molecule has 4 rings (SSSR count). The minimum absolute atomic E-state index is 0.112. The SMILES string of the molecule is CC(C)n1nnnc1SCc1nc2ccccc2c(=O)n1-c1ccc(F)cc1. The van der Waals surface area contributed by atoms with Crippen molar-refractivity contribution in [3.8, 4) is 5.69 Å². The van der Waals surface area contributed by atoms with Crippen LogP contribution in [0.5, 0.6) is 0 Å². The van der Waals surface area contributed by atoms with Gasteiger partial charge >= 0.3 is 0 Å². The quantitative estimate of drug-likeness (QED) is 0.481. The molecule has 7 nitrogen and oxygen atoms in total. The standard InChI is InChI=1S/C19H17FN6OS/c1-12(2)26-19(22-23-24-26)28-11-17-21-16-6-4-3-5-15(16)18(27)25(17)14-9-7-13(20)8-10-14/h3-10,12H,11H2,1-2H3. The third-order valence-corrected chi connectivity index (χ3v) is 5.14. The first-order valence-electron chi connectivity index (χ1n) is 8.72. The van der Waals surface area contributed by atoms with E-state index < -0.39 is 0 Å². The Kier molecular flexibility index (Phi) is 4.91. The van der Waals surface area contributed by atoms with Gasteiger partial charge in [0.05, 0.1) is 28.4 Å². The number of hydrogen-bond acceptors (Lipinski definition) is 6. The minimum Gasteiger partial charge on any atom is -0.268 e. The van der Waals surface area contributed by atoms with E-state index in [0.717, 1.165) is 0 Å². The van der Waals surface area contributed by atoms with Crippen molar-refractivity contribution < 1.29 is 4.39 Å². The van der Waals surface area contributed by atoms with Crippen LogP contribution >= 0.6 is 11.8 Å². The summed E-state index contributed by atoms with van der Waals surface area (Å²) in [5.41, 5.74) is 0.977. The van der Waals surface area contributed by atoms with Gasteiger partial charge in [0.15, 0.2) is 0 Å². The molecule has 0 bridgehead atoms. The number of halogens is 1. The van der Waals surface area contributed by atoms with Crippen LogP contribution in [0.4, 0.5) is 4.39 Å². The molecule has 2 aromatic carbocycles. The fourth-order valence-electron chi connectivity index (χ4n) is 2.87. The molecule has 142 valence electrons. The van der Waals surface area contributed by atoms with Crippen molar-refractivity contribution in [3.05, 3.63) is 70.5 Å². The molecule has 2 aromatic heterocycles. The smallest absolute Gasteiger partial charge is 0.265 e. The number of nitrogens with zero attached hydrogens (tertiary/aromatic N) is 6. The van der Waals surface area contributed by atoms with Gasteiger partial charge in [-0.1, -0.05) is 23.9 Å². The summed E-state index contributed by atoms with van der Waals surface area (Å²) in [4.78, 5) is 17.8. The van der Waals surface area contributed by atoms with Crippen LogP contribution in [0.2, 0.25) is 0 Å². The van der Waals surface area contributed by atoms with Crippen molar-refractivity contribution in [2.75, 3.05) is 0 Å². The number of fused-ring (bicyclic) bond motifs is 1. The summed E-state index contributed by atoms with van der Waals surface area (Å²) in [5, 5.41) is 12.9. The second-order valence-electron chi connectivity index (χ2n) is 6.45. The Labute approximate surface area is 164 Å². The van der Waals surface area contributed by atoms with Crippen molar-refractivity contribution in [1.82, 2.24) is 29.8 Å². The van der Waals surface area contributed by atoms with Crippen LogP contribution in [0.15, 0.2) is 58.5 Å². The summed E-state index contributed by atoms with van der Waals surface area (Å²) in [6.07, 6.45) is 0. The van der Waals surface area contributed by atoms with Crippen LogP contribution in [0.3, 0.4) is 0 Å². The topological polar surface area (TPSA) is 78.5 Å². The number of thioether (sulfide) groups is 1. The van der Waals surface area contributed by atoms with Crippen LogP contribution in [0.25, 0.3) is 16.6 Å². The van der Waals surface area contributed by atoms with E-state index in [1.165, 1.54) is 28.5 Å². The third kappa shape index (κ3) is 3.40. The summed E-state index contributed by atoms with van der Waals surface area (Å²) in [6, 6.07) is 13.1. The number of para-hydroxylation sites is 1. The molecule has 0 saturated carbocycles. The van der Waals surface area contributed by atoms with Gasteiger partial charge in [-0.25, -0.2) is 14.1 Å². The molecule has 0 unspecified atom stereocenters. The number of hydrogen-bond donors (Lipinski definition) is 0. The van der Waals surface area contributed by atoms with E-state index in [-0.39, 0.29) is 17.4 Å². The summed E-state index contributed by atoms with van der Waals surface area (Å²) in [7, 11) is 0. The maximum atomic E-state index is 13.4. The summed E-state index contributed by atoms with van der Waals surface area (Å²) in [5.74, 6) is 0.557. The van der Waals surface area contributed by atoms with Crippen molar-refractivity contribution >= 4 is 22.7 Å². The van der Waals surface area contributed by atoms with E-state index in [2.05, 4.69) is 20.5 Å². The Balaban J connectivity index is 1.81. The van der Waals surface area contributed by atoms with Crippen molar-refractivity contribution in [2.45, 2.75) is 30.8 Å². The van der Waals surface area contributed by atoms with Crippen LogP contribution in [0.1, 0.15) is 25.7 Å². The molecule has 0 amide bonds. The Bertz CT molecular complexity index is 1190. The molecular weight excluding hydrogens is 379 g/mol. The van der Waals surface area contributed by atoms with E-state index in [9.17, 15) is 9.18 Å². The van der Waals surface area contributed by atoms with Crippen molar-refractivity contribution in [3.63, 3.8) is 0 Å². The summed E-state index contributed by atoms with van der Waals surface area (Å²) in [6.45, 7) is 3.98. The van der Waals surface area contributed by atoms with Gasteiger partial charge < -0.3 is 0 Å². The van der Waals surface area contributed by atoms with Crippen LogP contribution in [0, 0.1) is 5.82 Å². The molecule has 0 radical (unpaired) electrons. The minimum atomic E-state index is -0.363. The molecule has 0 N–H and O–H groups in total. The molecule has 28 heavy (non-hydrogen) atoms. The zero-order valence-corrected chi connectivity index (χ0v) is 16.1. The van der Waals surface area contributed by atoms with E-state index in [1.54, 1.807) is 35.0 Å². The zero-order chi connectivity index (χ0) is 19.7. The lowest BCUT2D eigenvalue weighted by atomic mass is 10.2. The van der Waals surface area contributed by atoms with Gasteiger partial charge in [0, 0.05) is 0 Å². The lowest BCUT2D eigenvalue weighted by Gasteiger charge is -2.14.